The minimum absolute atomic E-state index is 0.104. The zero-order chi connectivity index (χ0) is 23.5. The molecule has 4 aromatic rings. The van der Waals surface area contributed by atoms with Crippen LogP contribution in [0.2, 0.25) is 0 Å². The lowest BCUT2D eigenvalue weighted by atomic mass is 10.1. The van der Waals surface area contributed by atoms with Crippen molar-refractivity contribution >= 4 is 28.9 Å². The number of anilines is 1. The van der Waals surface area contributed by atoms with Gasteiger partial charge in [0, 0.05) is 11.3 Å². The molecule has 0 aliphatic carbocycles. The minimum Gasteiger partial charge on any atom is -0.493 e. The molecule has 10 heteroatoms. The van der Waals surface area contributed by atoms with Gasteiger partial charge in [0.1, 0.15) is 5.52 Å². The SMILES string of the molecule is COc1ccc(-c2cc3c(=O)[nH]nc(SCC(=O)Nc4ccc(C)c(C)c4)n3n2)cc1OC. The van der Waals surface area contributed by atoms with Crippen LogP contribution in [0, 0.1) is 13.8 Å². The van der Waals surface area contributed by atoms with Crippen molar-refractivity contribution < 1.29 is 14.3 Å². The van der Waals surface area contributed by atoms with Crippen molar-refractivity contribution in [3.63, 3.8) is 0 Å². The fourth-order valence-electron chi connectivity index (χ4n) is 3.27. The van der Waals surface area contributed by atoms with E-state index in [9.17, 15) is 9.59 Å². The second-order valence-electron chi connectivity index (χ2n) is 7.37. The maximum atomic E-state index is 12.5. The molecule has 0 aliphatic rings. The number of benzene rings is 2. The molecule has 0 aliphatic heterocycles. The first-order valence-corrected chi connectivity index (χ1v) is 11.1. The number of fused-ring (bicyclic) bond motifs is 1. The first-order valence-electron chi connectivity index (χ1n) is 10.1. The normalized spacial score (nSPS) is 10.9. The Balaban J connectivity index is 1.57. The molecule has 33 heavy (non-hydrogen) atoms. The number of amides is 1. The van der Waals surface area contributed by atoms with E-state index in [1.54, 1.807) is 32.4 Å². The number of aromatic nitrogens is 4. The van der Waals surface area contributed by atoms with E-state index in [0.717, 1.165) is 22.4 Å². The summed E-state index contributed by atoms with van der Waals surface area (Å²) in [5.41, 5.74) is 4.26. The fourth-order valence-corrected chi connectivity index (χ4v) is 3.97. The first kappa shape index (κ1) is 22.4. The molecule has 2 N–H and O–H groups in total. The molecule has 170 valence electrons. The summed E-state index contributed by atoms with van der Waals surface area (Å²) in [6.07, 6.45) is 0. The summed E-state index contributed by atoms with van der Waals surface area (Å²) in [6.45, 7) is 4.01. The monoisotopic (exact) mass is 465 g/mol. The Kier molecular flexibility index (Phi) is 6.36. The number of H-pyrrole nitrogens is 1. The molecule has 1 amide bonds. The molecule has 4 rings (SSSR count). The van der Waals surface area contributed by atoms with E-state index in [0.29, 0.717) is 27.9 Å². The van der Waals surface area contributed by atoms with Gasteiger partial charge in [0.05, 0.1) is 25.7 Å². The number of hydrogen-bond donors (Lipinski definition) is 2. The van der Waals surface area contributed by atoms with Gasteiger partial charge in [-0.15, -0.1) is 5.10 Å². The number of methoxy groups -OCH3 is 2. The number of carbonyl (C=O) groups excluding carboxylic acids is 1. The number of aryl methyl sites for hydroxylation is 2. The molecule has 0 unspecified atom stereocenters. The quantitative estimate of drug-likeness (QED) is 0.402. The number of nitrogens with zero attached hydrogens (tertiary/aromatic N) is 3. The molecular formula is C23H23N5O4S. The highest BCUT2D eigenvalue weighted by molar-refractivity contribution is 7.99. The molecule has 0 bridgehead atoms. The smallest absolute Gasteiger partial charge is 0.290 e. The van der Waals surface area contributed by atoms with Crippen molar-refractivity contribution in [1.29, 1.82) is 0 Å². The van der Waals surface area contributed by atoms with E-state index >= 15 is 0 Å². The van der Waals surface area contributed by atoms with Crippen LogP contribution in [-0.2, 0) is 4.79 Å². The van der Waals surface area contributed by atoms with Crippen LogP contribution in [0.4, 0.5) is 5.69 Å². The maximum Gasteiger partial charge on any atom is 0.290 e. The number of thioether (sulfide) groups is 1. The number of aromatic amines is 1. The average Bonchev–Trinajstić information content (AvgIpc) is 3.27. The summed E-state index contributed by atoms with van der Waals surface area (Å²) < 4.78 is 12.1. The van der Waals surface area contributed by atoms with E-state index in [4.69, 9.17) is 9.47 Å². The average molecular weight is 466 g/mol. The molecule has 0 spiro atoms. The van der Waals surface area contributed by atoms with Crippen molar-refractivity contribution in [3.05, 3.63) is 63.9 Å². The molecule has 0 radical (unpaired) electrons. The second-order valence-corrected chi connectivity index (χ2v) is 8.31. The summed E-state index contributed by atoms with van der Waals surface area (Å²) in [4.78, 5) is 24.8. The highest BCUT2D eigenvalue weighted by Gasteiger charge is 2.15. The van der Waals surface area contributed by atoms with Gasteiger partial charge in [0.2, 0.25) is 11.1 Å². The van der Waals surface area contributed by atoms with Gasteiger partial charge in [-0.1, -0.05) is 17.8 Å². The predicted molar refractivity (Wildman–Crippen MR) is 127 cm³/mol. The molecule has 0 saturated carbocycles. The summed E-state index contributed by atoms with van der Waals surface area (Å²) in [5, 5.41) is 14.4. The summed E-state index contributed by atoms with van der Waals surface area (Å²) in [5.74, 6) is 1.07. The van der Waals surface area contributed by atoms with Crippen LogP contribution in [0.5, 0.6) is 11.5 Å². The van der Waals surface area contributed by atoms with Crippen LogP contribution in [0.3, 0.4) is 0 Å². The largest absolute Gasteiger partial charge is 0.493 e. The van der Waals surface area contributed by atoms with E-state index in [1.165, 1.54) is 16.3 Å². The third kappa shape index (κ3) is 4.70. The van der Waals surface area contributed by atoms with Gasteiger partial charge >= 0.3 is 0 Å². The third-order valence-corrected chi connectivity index (χ3v) is 6.11. The van der Waals surface area contributed by atoms with Crippen molar-refractivity contribution in [2.45, 2.75) is 19.0 Å². The van der Waals surface area contributed by atoms with E-state index in [1.807, 2.05) is 38.1 Å². The van der Waals surface area contributed by atoms with Gasteiger partial charge in [0.25, 0.3) is 5.56 Å². The van der Waals surface area contributed by atoms with Crippen molar-refractivity contribution in [3.8, 4) is 22.8 Å². The fraction of sp³-hybridized carbons (Fsp3) is 0.217. The van der Waals surface area contributed by atoms with Gasteiger partial charge in [0.15, 0.2) is 11.5 Å². The summed E-state index contributed by atoms with van der Waals surface area (Å²) in [6, 6.07) is 12.8. The van der Waals surface area contributed by atoms with Crippen LogP contribution in [0.1, 0.15) is 11.1 Å². The van der Waals surface area contributed by atoms with Crippen molar-refractivity contribution in [1.82, 2.24) is 19.8 Å². The number of ether oxygens (including phenoxy) is 2. The van der Waals surface area contributed by atoms with Crippen molar-refractivity contribution in [2.75, 3.05) is 25.3 Å². The zero-order valence-corrected chi connectivity index (χ0v) is 19.4. The number of carbonyl (C=O) groups is 1. The van der Waals surface area contributed by atoms with Gasteiger partial charge in [-0.2, -0.15) is 5.10 Å². The van der Waals surface area contributed by atoms with Gasteiger partial charge in [-0.05, 0) is 61.4 Å². The molecule has 2 heterocycles. The van der Waals surface area contributed by atoms with Crippen LogP contribution in [0.15, 0.2) is 52.4 Å². The van der Waals surface area contributed by atoms with Crippen LogP contribution >= 0.6 is 11.8 Å². The van der Waals surface area contributed by atoms with Crippen LogP contribution in [0.25, 0.3) is 16.8 Å². The molecule has 0 atom stereocenters. The standard InChI is InChI=1S/C23H23N5O4S/c1-13-5-7-16(9-14(13)2)24-21(29)12-33-23-26-25-22(30)18-11-17(27-28(18)23)15-6-8-19(31-3)20(10-15)32-4/h5-11H,12H2,1-4H3,(H,24,29)(H,25,30). The molecule has 0 saturated heterocycles. The van der Waals surface area contributed by atoms with Gasteiger partial charge in [-0.25, -0.2) is 9.61 Å². The Hall–Kier alpha value is -3.79. The topological polar surface area (TPSA) is 111 Å². The molecular weight excluding hydrogens is 442 g/mol. The maximum absolute atomic E-state index is 12.5. The Bertz CT molecular complexity index is 1400. The highest BCUT2D eigenvalue weighted by atomic mass is 32.2. The highest BCUT2D eigenvalue weighted by Crippen LogP contribution is 2.32. The molecule has 2 aromatic carbocycles. The second kappa shape index (κ2) is 9.37. The van der Waals surface area contributed by atoms with Crippen LogP contribution < -0.4 is 20.3 Å². The Morgan fingerprint density at radius 3 is 2.58 bits per heavy atom. The van der Waals surface area contributed by atoms with Crippen LogP contribution in [-0.4, -0.2) is 45.7 Å². The zero-order valence-electron chi connectivity index (χ0n) is 18.6. The Labute approximate surface area is 194 Å². The summed E-state index contributed by atoms with van der Waals surface area (Å²) in [7, 11) is 3.12. The Morgan fingerprint density at radius 2 is 1.85 bits per heavy atom. The number of nitrogens with one attached hydrogen (secondary N) is 2. The van der Waals surface area contributed by atoms with E-state index in [2.05, 4.69) is 20.6 Å². The predicted octanol–water partition coefficient (Wildman–Crippen LogP) is 3.45. The molecule has 9 nitrogen and oxygen atoms in total. The lowest BCUT2D eigenvalue weighted by Gasteiger charge is -2.08. The third-order valence-electron chi connectivity index (χ3n) is 5.18. The lowest BCUT2D eigenvalue weighted by molar-refractivity contribution is -0.113. The Morgan fingerprint density at radius 1 is 1.06 bits per heavy atom. The van der Waals surface area contributed by atoms with Gasteiger partial charge in [-0.3, -0.25) is 9.59 Å². The van der Waals surface area contributed by atoms with E-state index in [-0.39, 0.29) is 17.2 Å². The molecule has 2 aromatic heterocycles. The number of rotatable bonds is 7. The van der Waals surface area contributed by atoms with Gasteiger partial charge < -0.3 is 14.8 Å². The lowest BCUT2D eigenvalue weighted by Crippen LogP contribution is -2.17. The van der Waals surface area contributed by atoms with Crippen molar-refractivity contribution in [2.24, 2.45) is 0 Å². The van der Waals surface area contributed by atoms with E-state index < -0.39 is 0 Å². The first-order chi connectivity index (χ1) is 15.9. The minimum atomic E-state index is -0.377. The number of hydrogen-bond acceptors (Lipinski definition) is 7. The molecule has 0 fully saturated rings. The summed E-state index contributed by atoms with van der Waals surface area (Å²) >= 11 is 1.18.